The average Bonchev–Trinajstić information content (AvgIpc) is 3.21. The summed E-state index contributed by atoms with van der Waals surface area (Å²) in [4.78, 5) is 10.3. The van der Waals surface area contributed by atoms with Gasteiger partial charge in [0.2, 0.25) is 0 Å². The summed E-state index contributed by atoms with van der Waals surface area (Å²) in [6.45, 7) is 0. The van der Waals surface area contributed by atoms with Crippen molar-refractivity contribution in [1.29, 1.82) is 0 Å². The van der Waals surface area contributed by atoms with Crippen LogP contribution in [0.15, 0.2) is 194 Å². The number of hydrogen-bond donors (Lipinski definition) is 0. The first kappa shape index (κ1) is 29.5. The molecule has 50 heavy (non-hydrogen) atoms. The van der Waals surface area contributed by atoms with Crippen LogP contribution in [-0.4, -0.2) is 9.97 Å². The topological polar surface area (TPSA) is 25.8 Å². The first-order valence-electron chi connectivity index (χ1n) is 17.0. The summed E-state index contributed by atoms with van der Waals surface area (Å²) in [5, 5.41) is 2.17. The lowest BCUT2D eigenvalue weighted by molar-refractivity contribution is 1.36. The number of pyridine rings is 2. The van der Waals surface area contributed by atoms with Crippen molar-refractivity contribution in [3.05, 3.63) is 194 Å². The summed E-state index contributed by atoms with van der Waals surface area (Å²) >= 11 is 0. The van der Waals surface area contributed by atoms with E-state index in [-0.39, 0.29) is 0 Å². The Hall–Kier alpha value is -6.64. The summed E-state index contributed by atoms with van der Waals surface area (Å²) in [5.41, 5.74) is 15.4. The monoisotopic (exact) mass is 636 g/mol. The fourth-order valence-corrected chi connectivity index (χ4v) is 6.80. The highest BCUT2D eigenvalue weighted by molar-refractivity contribution is 6.04. The van der Waals surface area contributed by atoms with E-state index in [9.17, 15) is 0 Å². The summed E-state index contributed by atoms with van der Waals surface area (Å²) in [6, 6.07) is 68.8. The molecule has 0 fully saturated rings. The minimum Gasteiger partial charge on any atom is -0.245 e. The molecular formula is C48H32N2. The maximum Gasteiger partial charge on any atom is 0.0972 e. The van der Waals surface area contributed by atoms with Crippen molar-refractivity contribution in [2.75, 3.05) is 0 Å². The lowest BCUT2D eigenvalue weighted by atomic mass is 9.92. The average molecular weight is 637 g/mol. The number of fused-ring (bicyclic) bond motifs is 3. The van der Waals surface area contributed by atoms with Gasteiger partial charge in [-0.25, -0.2) is 9.97 Å². The molecule has 0 saturated heterocycles. The van der Waals surface area contributed by atoms with Crippen LogP contribution in [0.1, 0.15) is 0 Å². The zero-order chi connectivity index (χ0) is 33.3. The third kappa shape index (κ3) is 5.74. The van der Waals surface area contributed by atoms with E-state index in [4.69, 9.17) is 9.97 Å². The lowest BCUT2D eigenvalue weighted by Crippen LogP contribution is -1.91. The van der Waals surface area contributed by atoms with Gasteiger partial charge in [0.25, 0.3) is 0 Å². The van der Waals surface area contributed by atoms with Crippen molar-refractivity contribution < 1.29 is 0 Å². The van der Waals surface area contributed by atoms with Gasteiger partial charge in [0.15, 0.2) is 0 Å². The van der Waals surface area contributed by atoms with E-state index in [2.05, 4.69) is 176 Å². The van der Waals surface area contributed by atoms with Crippen LogP contribution in [0.3, 0.4) is 0 Å². The van der Waals surface area contributed by atoms with E-state index in [1.165, 1.54) is 38.9 Å². The third-order valence-electron chi connectivity index (χ3n) is 9.45. The molecule has 0 aliphatic carbocycles. The van der Waals surface area contributed by atoms with Gasteiger partial charge in [0, 0.05) is 21.9 Å². The Kier molecular flexibility index (Phi) is 7.53. The Labute approximate surface area is 292 Å². The number of rotatable bonds is 6. The second kappa shape index (κ2) is 12.8. The summed E-state index contributed by atoms with van der Waals surface area (Å²) < 4.78 is 0. The maximum atomic E-state index is 5.20. The second-order valence-electron chi connectivity index (χ2n) is 12.7. The highest BCUT2D eigenvalue weighted by Gasteiger charge is 2.11. The van der Waals surface area contributed by atoms with Crippen LogP contribution in [0.5, 0.6) is 0 Å². The molecule has 0 bridgehead atoms. The molecule has 0 unspecified atom stereocenters. The molecule has 0 radical (unpaired) electrons. The van der Waals surface area contributed by atoms with Gasteiger partial charge >= 0.3 is 0 Å². The quantitative estimate of drug-likeness (QED) is 0.170. The van der Waals surface area contributed by atoms with Crippen molar-refractivity contribution in [3.8, 4) is 67.0 Å². The Balaban J connectivity index is 1.06. The van der Waals surface area contributed by atoms with Crippen LogP contribution in [0, 0.1) is 0 Å². The Morgan fingerprint density at radius 1 is 0.220 bits per heavy atom. The molecule has 0 saturated carbocycles. The molecule has 9 aromatic rings. The molecule has 234 valence electrons. The summed E-state index contributed by atoms with van der Waals surface area (Å²) in [7, 11) is 0. The molecular weight excluding hydrogens is 605 g/mol. The van der Waals surface area contributed by atoms with Gasteiger partial charge in [0.05, 0.1) is 22.4 Å². The molecule has 2 heterocycles. The van der Waals surface area contributed by atoms with Gasteiger partial charge in [-0.3, -0.25) is 0 Å². The number of hydrogen-bond acceptors (Lipinski definition) is 2. The first-order valence-corrected chi connectivity index (χ1v) is 17.0. The van der Waals surface area contributed by atoms with E-state index < -0.39 is 0 Å². The maximum absolute atomic E-state index is 5.20. The Morgan fingerprint density at radius 3 is 1.06 bits per heavy atom. The van der Waals surface area contributed by atoms with Crippen LogP contribution in [0.25, 0.3) is 88.8 Å². The van der Waals surface area contributed by atoms with E-state index in [0.717, 1.165) is 49.9 Å². The zero-order valence-electron chi connectivity index (χ0n) is 27.4. The highest BCUT2D eigenvalue weighted by atomic mass is 14.8. The van der Waals surface area contributed by atoms with Crippen molar-refractivity contribution in [2.45, 2.75) is 0 Å². The summed E-state index contributed by atoms with van der Waals surface area (Å²) in [6.07, 6.45) is 0. The Morgan fingerprint density at radius 2 is 0.560 bits per heavy atom. The van der Waals surface area contributed by atoms with Crippen LogP contribution in [0.4, 0.5) is 0 Å². The second-order valence-corrected chi connectivity index (χ2v) is 12.7. The van der Waals surface area contributed by atoms with Gasteiger partial charge in [0.1, 0.15) is 0 Å². The molecule has 0 atom stereocenters. The van der Waals surface area contributed by atoms with Crippen molar-refractivity contribution in [2.24, 2.45) is 0 Å². The molecule has 0 spiro atoms. The highest BCUT2D eigenvalue weighted by Crippen LogP contribution is 2.35. The minimum atomic E-state index is 0.917. The minimum absolute atomic E-state index is 0.917. The molecule has 9 rings (SSSR count). The van der Waals surface area contributed by atoms with Gasteiger partial charge in [-0.15, -0.1) is 0 Å². The van der Waals surface area contributed by atoms with Gasteiger partial charge < -0.3 is 0 Å². The standard InChI is InChI=1S/C48H32N2/c1-4-11-33(12-5-1)42-30-43(34-13-6-2-7-14-34)32-44(31-42)36-21-19-35(20-22-36)40-17-10-18-41(29-40)46-28-26-39-24-23-38-25-27-45(37-15-8-3-9-16-37)49-47(38)48(39)50-46/h1-32H. The molecule has 2 aromatic heterocycles. The lowest BCUT2D eigenvalue weighted by Gasteiger charge is -2.12. The van der Waals surface area contributed by atoms with E-state index in [0.29, 0.717) is 0 Å². The molecule has 2 nitrogen and oxygen atoms in total. The molecule has 0 amide bonds. The predicted octanol–water partition coefficient (Wildman–Crippen LogP) is 12.8. The van der Waals surface area contributed by atoms with E-state index in [1.54, 1.807) is 0 Å². The predicted molar refractivity (Wildman–Crippen MR) is 210 cm³/mol. The fraction of sp³-hybridized carbons (Fsp3) is 0. The van der Waals surface area contributed by atoms with Crippen LogP contribution in [-0.2, 0) is 0 Å². The smallest absolute Gasteiger partial charge is 0.0972 e. The summed E-state index contributed by atoms with van der Waals surface area (Å²) in [5.74, 6) is 0. The van der Waals surface area contributed by atoms with Crippen LogP contribution < -0.4 is 0 Å². The molecule has 0 aliphatic heterocycles. The fourth-order valence-electron chi connectivity index (χ4n) is 6.80. The Bertz CT molecular complexity index is 2550. The van der Waals surface area contributed by atoms with Gasteiger partial charge in [-0.2, -0.15) is 0 Å². The van der Waals surface area contributed by atoms with Crippen molar-refractivity contribution in [3.63, 3.8) is 0 Å². The molecule has 0 N–H and O–H groups in total. The van der Waals surface area contributed by atoms with Crippen molar-refractivity contribution >= 4 is 21.8 Å². The number of benzene rings is 7. The molecule has 7 aromatic carbocycles. The number of aromatic nitrogens is 2. The van der Waals surface area contributed by atoms with Gasteiger partial charge in [-0.1, -0.05) is 158 Å². The molecule has 0 aliphatic rings. The first-order chi connectivity index (χ1) is 24.7. The van der Waals surface area contributed by atoms with Crippen LogP contribution >= 0.6 is 0 Å². The van der Waals surface area contributed by atoms with E-state index in [1.807, 2.05) is 18.2 Å². The van der Waals surface area contributed by atoms with E-state index >= 15 is 0 Å². The zero-order valence-corrected chi connectivity index (χ0v) is 27.4. The third-order valence-corrected chi connectivity index (χ3v) is 9.45. The normalized spacial score (nSPS) is 11.2. The van der Waals surface area contributed by atoms with Gasteiger partial charge in [-0.05, 0) is 80.9 Å². The van der Waals surface area contributed by atoms with Crippen LogP contribution in [0.2, 0.25) is 0 Å². The van der Waals surface area contributed by atoms with Crippen molar-refractivity contribution in [1.82, 2.24) is 9.97 Å². The SMILES string of the molecule is c1ccc(-c2cc(-c3ccccc3)cc(-c3ccc(-c4cccc(-c5ccc6ccc7ccc(-c8ccccc8)nc7c6n5)c4)cc3)c2)cc1. The largest absolute Gasteiger partial charge is 0.245 e. The molecule has 2 heteroatoms. The number of nitrogens with zero attached hydrogens (tertiary/aromatic N) is 2.